The molecule has 1 rings (SSSR count). The molecule has 0 saturated carbocycles. The fourth-order valence-corrected chi connectivity index (χ4v) is 2.34. The van der Waals surface area contributed by atoms with Gasteiger partial charge >= 0.3 is 5.97 Å². The topological polar surface area (TPSA) is 69.4 Å². The van der Waals surface area contributed by atoms with Crippen molar-refractivity contribution in [2.45, 2.75) is 33.1 Å². The molecule has 0 aliphatic carbocycles. The van der Waals surface area contributed by atoms with Crippen molar-refractivity contribution in [1.82, 2.24) is 0 Å². The molecule has 0 N–H and O–H groups in total. The second kappa shape index (κ2) is 7.03. The summed E-state index contributed by atoms with van der Waals surface area (Å²) in [6.07, 6.45) is 0.485. The maximum absolute atomic E-state index is 12.2. The molecule has 0 saturated heterocycles. The summed E-state index contributed by atoms with van der Waals surface area (Å²) in [7, 11) is 0. The molecule has 0 bridgehead atoms. The molecule has 0 aliphatic rings. The van der Waals surface area contributed by atoms with Crippen LogP contribution in [-0.4, -0.2) is 24.0 Å². The number of carbonyl (C=O) groups is 1. The van der Waals surface area contributed by atoms with Crippen LogP contribution in [0.1, 0.15) is 38.7 Å². The lowest BCUT2D eigenvalue weighted by Crippen LogP contribution is -2.39. The number of nitrogens with zero attached hydrogens (tertiary/aromatic N) is 1. The van der Waals surface area contributed by atoms with Crippen LogP contribution in [0.25, 0.3) is 0 Å². The lowest BCUT2D eigenvalue weighted by atomic mass is 9.71. The van der Waals surface area contributed by atoms with Gasteiger partial charge in [-0.25, -0.2) is 0 Å². The molecule has 1 aromatic carbocycles. The van der Waals surface area contributed by atoms with Gasteiger partial charge in [0.25, 0.3) is 0 Å². The largest absolute Gasteiger partial charge is 0.466 e. The van der Waals surface area contributed by atoms with Crippen molar-refractivity contribution < 1.29 is 14.5 Å². The Morgan fingerprint density at radius 1 is 1.35 bits per heavy atom. The van der Waals surface area contributed by atoms with Gasteiger partial charge in [-0.1, -0.05) is 37.3 Å². The third kappa shape index (κ3) is 3.56. The summed E-state index contributed by atoms with van der Waals surface area (Å²) in [6, 6.07) is 9.13. The van der Waals surface area contributed by atoms with Gasteiger partial charge in [-0.3, -0.25) is 14.9 Å². The molecule has 0 aromatic heterocycles. The zero-order valence-electron chi connectivity index (χ0n) is 12.2. The smallest absolute Gasteiger partial charge is 0.312 e. The maximum atomic E-state index is 12.2. The highest BCUT2D eigenvalue weighted by molar-refractivity contribution is 5.77. The average Bonchev–Trinajstić information content (AvgIpc) is 2.45. The number of hydrogen-bond donors (Lipinski definition) is 0. The van der Waals surface area contributed by atoms with Crippen molar-refractivity contribution in [2.75, 3.05) is 13.2 Å². The normalized spacial score (nSPS) is 15.2. The highest BCUT2D eigenvalue weighted by atomic mass is 16.6. The first-order valence-corrected chi connectivity index (χ1v) is 6.79. The second-order valence-electron chi connectivity index (χ2n) is 4.97. The van der Waals surface area contributed by atoms with Gasteiger partial charge in [0.1, 0.15) is 0 Å². The van der Waals surface area contributed by atoms with Gasteiger partial charge in [0.15, 0.2) is 0 Å². The molecule has 5 nitrogen and oxygen atoms in total. The van der Waals surface area contributed by atoms with E-state index >= 15 is 0 Å². The van der Waals surface area contributed by atoms with E-state index in [1.165, 1.54) is 0 Å². The van der Waals surface area contributed by atoms with Crippen LogP contribution in [0.2, 0.25) is 0 Å². The van der Waals surface area contributed by atoms with E-state index in [4.69, 9.17) is 4.74 Å². The molecule has 0 aliphatic heterocycles. The Kier molecular flexibility index (Phi) is 5.67. The molecule has 0 spiro atoms. The third-order valence-electron chi connectivity index (χ3n) is 3.78. The Morgan fingerprint density at radius 2 is 1.95 bits per heavy atom. The van der Waals surface area contributed by atoms with Crippen molar-refractivity contribution in [3.8, 4) is 0 Å². The molecule has 110 valence electrons. The van der Waals surface area contributed by atoms with Gasteiger partial charge in [0.2, 0.25) is 6.54 Å². The summed E-state index contributed by atoms with van der Waals surface area (Å²) >= 11 is 0. The van der Waals surface area contributed by atoms with E-state index in [0.29, 0.717) is 6.42 Å². The van der Waals surface area contributed by atoms with Gasteiger partial charge < -0.3 is 4.74 Å². The van der Waals surface area contributed by atoms with Crippen molar-refractivity contribution in [2.24, 2.45) is 5.41 Å². The van der Waals surface area contributed by atoms with E-state index in [1.54, 1.807) is 13.8 Å². The Balaban J connectivity index is 3.20. The van der Waals surface area contributed by atoms with Gasteiger partial charge in [-0.15, -0.1) is 0 Å². The number of esters is 1. The first-order valence-electron chi connectivity index (χ1n) is 6.79. The highest BCUT2D eigenvalue weighted by Gasteiger charge is 2.44. The van der Waals surface area contributed by atoms with Crippen LogP contribution in [0.5, 0.6) is 0 Å². The zero-order valence-corrected chi connectivity index (χ0v) is 12.2. The maximum Gasteiger partial charge on any atom is 0.312 e. The standard InChI is InChI=1S/C15H21NO4/c1-4-15(3,14(17)20-5-2)13(11-16(18)19)12-9-7-6-8-10-12/h6-10,13H,4-5,11H2,1-3H3/t13-,15-/m1/s1. The Bertz CT molecular complexity index is 460. The lowest BCUT2D eigenvalue weighted by molar-refractivity contribution is -0.486. The summed E-state index contributed by atoms with van der Waals surface area (Å²) < 4.78 is 5.12. The second-order valence-corrected chi connectivity index (χ2v) is 4.97. The van der Waals surface area contributed by atoms with E-state index < -0.39 is 11.3 Å². The average molecular weight is 279 g/mol. The fourth-order valence-electron chi connectivity index (χ4n) is 2.34. The van der Waals surface area contributed by atoms with Crippen LogP contribution in [0, 0.1) is 15.5 Å². The Labute approximate surface area is 119 Å². The van der Waals surface area contributed by atoms with Gasteiger partial charge in [-0.05, 0) is 25.8 Å². The number of rotatable bonds is 7. The van der Waals surface area contributed by atoms with E-state index in [9.17, 15) is 14.9 Å². The van der Waals surface area contributed by atoms with Crippen LogP contribution in [0.15, 0.2) is 30.3 Å². The Morgan fingerprint density at radius 3 is 2.40 bits per heavy atom. The van der Waals surface area contributed by atoms with E-state index in [1.807, 2.05) is 37.3 Å². The summed E-state index contributed by atoms with van der Waals surface area (Å²) in [5.41, 5.74) is -0.105. The minimum absolute atomic E-state index is 0.272. The van der Waals surface area contributed by atoms with Crippen LogP contribution in [0.3, 0.4) is 0 Å². The number of benzene rings is 1. The van der Waals surface area contributed by atoms with Crippen LogP contribution in [-0.2, 0) is 9.53 Å². The number of hydrogen-bond acceptors (Lipinski definition) is 4. The molecule has 1 aromatic rings. The van der Waals surface area contributed by atoms with Crippen LogP contribution >= 0.6 is 0 Å². The fraction of sp³-hybridized carbons (Fsp3) is 0.533. The molecule has 0 amide bonds. The molecule has 2 atom stereocenters. The van der Waals surface area contributed by atoms with Gasteiger partial charge in [0, 0.05) is 4.92 Å². The summed E-state index contributed by atoms with van der Waals surface area (Å²) in [4.78, 5) is 22.9. The van der Waals surface area contributed by atoms with Gasteiger partial charge in [0.05, 0.1) is 17.9 Å². The van der Waals surface area contributed by atoms with Crippen molar-refractivity contribution in [1.29, 1.82) is 0 Å². The SMILES string of the molecule is CCOC(=O)[C@](C)(CC)[C@H](C[N+](=O)[O-])c1ccccc1. The summed E-state index contributed by atoms with van der Waals surface area (Å²) in [6.45, 7) is 5.32. The molecule has 0 radical (unpaired) electrons. The number of nitro groups is 1. The monoisotopic (exact) mass is 279 g/mol. The predicted octanol–water partition coefficient (Wildman–Crippen LogP) is 3.03. The van der Waals surface area contributed by atoms with E-state index in [2.05, 4.69) is 0 Å². The van der Waals surface area contributed by atoms with Gasteiger partial charge in [-0.2, -0.15) is 0 Å². The molecule has 0 heterocycles. The predicted molar refractivity (Wildman–Crippen MR) is 76.1 cm³/mol. The summed E-state index contributed by atoms with van der Waals surface area (Å²) in [5.74, 6) is -0.874. The Hall–Kier alpha value is -1.91. The molecule has 20 heavy (non-hydrogen) atoms. The molecule has 5 heteroatoms. The molecule has 0 unspecified atom stereocenters. The van der Waals surface area contributed by atoms with Crippen molar-refractivity contribution >= 4 is 5.97 Å². The minimum Gasteiger partial charge on any atom is -0.466 e. The zero-order chi connectivity index (χ0) is 15.2. The van der Waals surface area contributed by atoms with Crippen molar-refractivity contribution in [3.05, 3.63) is 46.0 Å². The minimum atomic E-state index is -0.898. The molecule has 0 fully saturated rings. The third-order valence-corrected chi connectivity index (χ3v) is 3.78. The first kappa shape index (κ1) is 16.1. The highest BCUT2D eigenvalue weighted by Crippen LogP contribution is 2.40. The van der Waals surface area contributed by atoms with E-state index in [0.717, 1.165) is 5.56 Å². The van der Waals surface area contributed by atoms with E-state index in [-0.39, 0.29) is 24.0 Å². The quantitative estimate of drug-likeness (QED) is 0.437. The lowest BCUT2D eigenvalue weighted by Gasteiger charge is -2.32. The van der Waals surface area contributed by atoms with Crippen molar-refractivity contribution in [3.63, 3.8) is 0 Å². The van der Waals surface area contributed by atoms with Crippen LogP contribution in [0.4, 0.5) is 0 Å². The summed E-state index contributed by atoms with van der Waals surface area (Å²) in [5, 5.41) is 11.0. The number of ether oxygens (including phenoxy) is 1. The van der Waals surface area contributed by atoms with Crippen LogP contribution < -0.4 is 0 Å². The first-order chi connectivity index (χ1) is 9.45. The molecular formula is C15H21NO4. The molecular weight excluding hydrogens is 258 g/mol. The number of carbonyl (C=O) groups excluding carboxylic acids is 1.